The molecule has 0 atom stereocenters. The van der Waals surface area contributed by atoms with Crippen molar-refractivity contribution in [2.45, 2.75) is 64.0 Å². The molecule has 0 aromatic heterocycles. The molecule has 0 aromatic carbocycles. The van der Waals surface area contributed by atoms with E-state index in [0.717, 1.165) is 43.6 Å². The Bertz CT molecular complexity index is 518. The van der Waals surface area contributed by atoms with Gasteiger partial charge < -0.3 is 20.7 Å². The van der Waals surface area contributed by atoms with E-state index in [1.807, 2.05) is 0 Å². The molecule has 0 saturated carbocycles. The molecule has 0 radical (unpaired) electrons. The number of amidine groups is 1. The Balaban J connectivity index is 2.26. The molecule has 1 fully saturated rings. The number of ether oxygens (including phenoxy) is 1. The molecule has 1 aliphatic carbocycles. The number of hydrogen-bond acceptors (Lipinski definition) is 3. The average molecular weight is 364 g/mol. The minimum atomic E-state index is -0.559. The highest BCUT2D eigenvalue weighted by Gasteiger charge is 2.52. The first-order valence-corrected chi connectivity index (χ1v) is 10.2. The number of nitrogens with two attached hydrogens (primary N) is 2. The Morgan fingerprint density at radius 3 is 2.27 bits per heavy atom. The predicted octanol–water partition coefficient (Wildman–Crippen LogP) is 2.96. The van der Waals surface area contributed by atoms with Gasteiger partial charge >= 0.3 is 0 Å². The van der Waals surface area contributed by atoms with Gasteiger partial charge in [-0.25, -0.2) is 0 Å². The van der Waals surface area contributed by atoms with Crippen LogP contribution in [0.15, 0.2) is 24.3 Å². The van der Waals surface area contributed by atoms with Crippen molar-refractivity contribution in [2.24, 2.45) is 17.4 Å². The fourth-order valence-corrected chi connectivity index (χ4v) is 4.35. The smallest absolute Gasteiger partial charge is 0.194 e. The lowest BCUT2D eigenvalue weighted by Gasteiger charge is -2.53. The van der Waals surface area contributed by atoms with E-state index in [4.69, 9.17) is 21.6 Å². The zero-order valence-electron chi connectivity index (χ0n) is 17.0. The molecule has 2 rings (SSSR count). The fraction of sp³-hybridized carbons (Fsp3) is 0.762. The maximum Gasteiger partial charge on any atom is 0.194 e. The third-order valence-electron chi connectivity index (χ3n) is 6.12. The van der Waals surface area contributed by atoms with Gasteiger partial charge in [0, 0.05) is 13.0 Å². The zero-order chi connectivity index (χ0) is 19.3. The summed E-state index contributed by atoms with van der Waals surface area (Å²) < 4.78 is 6.97. The van der Waals surface area contributed by atoms with Crippen molar-refractivity contribution in [3.8, 4) is 0 Å². The van der Waals surface area contributed by atoms with Crippen LogP contribution in [-0.2, 0) is 4.74 Å². The number of nitrogens with one attached hydrogen (secondary N) is 1. The van der Waals surface area contributed by atoms with Gasteiger partial charge in [0.25, 0.3) is 0 Å². The van der Waals surface area contributed by atoms with Gasteiger partial charge in [-0.1, -0.05) is 13.8 Å². The lowest BCUT2D eigenvalue weighted by atomic mass is 9.81. The van der Waals surface area contributed by atoms with Crippen LogP contribution in [0.1, 0.15) is 52.9 Å². The van der Waals surface area contributed by atoms with Crippen LogP contribution in [0.5, 0.6) is 0 Å². The van der Waals surface area contributed by atoms with Crippen LogP contribution in [0.4, 0.5) is 0 Å². The second-order valence-corrected chi connectivity index (χ2v) is 8.64. The molecule has 0 amide bonds. The fourth-order valence-electron chi connectivity index (χ4n) is 4.35. The molecule has 2 aliphatic rings. The van der Waals surface area contributed by atoms with Crippen molar-refractivity contribution >= 4 is 5.84 Å². The van der Waals surface area contributed by atoms with E-state index in [1.54, 1.807) is 0 Å². The Morgan fingerprint density at radius 1 is 1.15 bits per heavy atom. The number of rotatable bonds is 9. The van der Waals surface area contributed by atoms with Crippen LogP contribution < -0.4 is 11.5 Å². The first-order valence-electron chi connectivity index (χ1n) is 10.2. The summed E-state index contributed by atoms with van der Waals surface area (Å²) in [5.74, 6) is 0.859. The maximum absolute atomic E-state index is 8.45. The van der Waals surface area contributed by atoms with Crippen molar-refractivity contribution in [3.05, 3.63) is 24.3 Å². The second kappa shape index (κ2) is 8.68. The zero-order valence-corrected chi connectivity index (χ0v) is 17.0. The van der Waals surface area contributed by atoms with E-state index >= 15 is 0 Å². The first-order chi connectivity index (χ1) is 12.3. The lowest BCUT2D eigenvalue weighted by molar-refractivity contribution is -0.956. The number of piperidine rings is 1. The monoisotopic (exact) mass is 363 g/mol. The number of hydrogen-bond donors (Lipinski definition) is 3. The number of nitrogens with zero attached hydrogens (tertiary/aromatic N) is 1. The Morgan fingerprint density at radius 2 is 1.77 bits per heavy atom. The molecule has 26 heavy (non-hydrogen) atoms. The Kier molecular flexibility index (Phi) is 7.05. The highest BCUT2D eigenvalue weighted by Crippen LogP contribution is 2.38. The Labute approximate surface area is 159 Å². The van der Waals surface area contributed by atoms with Gasteiger partial charge in [0.05, 0.1) is 19.6 Å². The van der Waals surface area contributed by atoms with E-state index in [1.165, 1.54) is 19.3 Å². The molecule has 5 heteroatoms. The normalized spacial score (nSPS) is 30.7. The first kappa shape index (κ1) is 21.1. The largest absolute Gasteiger partial charge is 0.382 e. The van der Waals surface area contributed by atoms with Gasteiger partial charge in [-0.05, 0) is 69.4 Å². The van der Waals surface area contributed by atoms with Gasteiger partial charge in [0.1, 0.15) is 5.60 Å². The minimum absolute atomic E-state index is 0.230. The van der Waals surface area contributed by atoms with Crippen LogP contribution in [0.25, 0.3) is 0 Å². The van der Waals surface area contributed by atoms with Crippen LogP contribution in [0.2, 0.25) is 0 Å². The maximum atomic E-state index is 8.45. The standard InChI is InChI=1S/C21H39N4O/c1-18(2)8-17-26-20(3)9-11-21(12-10-20,19(23)24)25(16-7-13-22)14-5-4-6-15-25/h9-12,18H,4-8,13-17,22H2,1-3H3,(H3,23,24)/q+1. The summed E-state index contributed by atoms with van der Waals surface area (Å²) in [6.07, 6.45) is 14.2. The quantitative estimate of drug-likeness (QED) is 0.255. The third-order valence-corrected chi connectivity index (χ3v) is 6.12. The van der Waals surface area contributed by atoms with Crippen LogP contribution in [-0.4, -0.2) is 54.2 Å². The number of quaternary nitrogens is 1. The van der Waals surface area contributed by atoms with Crippen LogP contribution in [0.3, 0.4) is 0 Å². The topological polar surface area (TPSA) is 85.1 Å². The summed E-state index contributed by atoms with van der Waals surface area (Å²) in [6.45, 7) is 11.0. The van der Waals surface area contributed by atoms with Crippen molar-refractivity contribution in [2.75, 3.05) is 32.8 Å². The van der Waals surface area contributed by atoms with Gasteiger partial charge in [0.2, 0.25) is 0 Å². The van der Waals surface area contributed by atoms with E-state index in [2.05, 4.69) is 45.1 Å². The molecule has 5 N–H and O–H groups in total. The molecular formula is C21H39N4O+. The SMILES string of the molecule is CC(C)CCOC1(C)C=CC(C(=N)N)([N+]2(CCCN)CCCCC2)C=C1. The molecular weight excluding hydrogens is 324 g/mol. The molecule has 0 unspecified atom stereocenters. The molecule has 148 valence electrons. The van der Waals surface area contributed by atoms with Crippen molar-refractivity contribution in [1.29, 1.82) is 5.41 Å². The number of likely N-dealkylation sites (tertiary alicyclic amines) is 1. The molecule has 5 nitrogen and oxygen atoms in total. The molecule has 0 spiro atoms. The van der Waals surface area contributed by atoms with Crippen LogP contribution in [0, 0.1) is 11.3 Å². The highest BCUT2D eigenvalue weighted by atomic mass is 16.5. The summed E-state index contributed by atoms with van der Waals surface area (Å²) >= 11 is 0. The molecule has 1 aliphatic heterocycles. The summed E-state index contributed by atoms with van der Waals surface area (Å²) in [4.78, 5) is 0. The molecule has 1 heterocycles. The van der Waals surface area contributed by atoms with Gasteiger partial charge in [0.15, 0.2) is 11.4 Å². The van der Waals surface area contributed by atoms with Crippen molar-refractivity contribution in [3.63, 3.8) is 0 Å². The van der Waals surface area contributed by atoms with Crippen molar-refractivity contribution in [1.82, 2.24) is 0 Å². The van der Waals surface area contributed by atoms with Gasteiger partial charge in [-0.15, -0.1) is 0 Å². The van der Waals surface area contributed by atoms with Gasteiger partial charge in [-0.3, -0.25) is 5.41 Å². The van der Waals surface area contributed by atoms with E-state index in [9.17, 15) is 0 Å². The summed E-state index contributed by atoms with van der Waals surface area (Å²) in [5.41, 5.74) is 11.1. The summed E-state index contributed by atoms with van der Waals surface area (Å²) in [5, 5.41) is 8.45. The van der Waals surface area contributed by atoms with E-state index in [-0.39, 0.29) is 5.84 Å². The summed E-state index contributed by atoms with van der Waals surface area (Å²) in [7, 11) is 0. The van der Waals surface area contributed by atoms with Crippen LogP contribution >= 0.6 is 0 Å². The molecule has 0 aromatic rings. The highest BCUT2D eigenvalue weighted by molar-refractivity contribution is 5.91. The molecule has 0 bridgehead atoms. The Hall–Kier alpha value is -1.17. The van der Waals surface area contributed by atoms with Crippen molar-refractivity contribution < 1.29 is 9.22 Å². The average Bonchev–Trinajstić information content (AvgIpc) is 2.61. The third kappa shape index (κ3) is 4.38. The lowest BCUT2D eigenvalue weighted by Crippen LogP contribution is -2.70. The second-order valence-electron chi connectivity index (χ2n) is 8.64. The van der Waals surface area contributed by atoms with E-state index < -0.39 is 11.1 Å². The van der Waals surface area contributed by atoms with Gasteiger partial charge in [-0.2, -0.15) is 0 Å². The van der Waals surface area contributed by atoms with E-state index in [0.29, 0.717) is 12.5 Å². The molecule has 1 saturated heterocycles. The summed E-state index contributed by atoms with van der Waals surface area (Å²) in [6, 6.07) is 0. The minimum Gasteiger partial charge on any atom is -0.382 e. The predicted molar refractivity (Wildman–Crippen MR) is 109 cm³/mol.